The van der Waals surface area contributed by atoms with Gasteiger partial charge in [-0.3, -0.25) is 14.4 Å². The van der Waals surface area contributed by atoms with E-state index in [-0.39, 0.29) is 10.7 Å². The van der Waals surface area contributed by atoms with E-state index < -0.39 is 23.1 Å². The number of aliphatic carboxylic acids is 1. The summed E-state index contributed by atoms with van der Waals surface area (Å²) in [6, 6.07) is 13.3. The topological polar surface area (TPSA) is 87.2 Å². The Balaban J connectivity index is 1.90. The van der Waals surface area contributed by atoms with E-state index in [0.29, 0.717) is 25.5 Å². The van der Waals surface area contributed by atoms with Crippen LogP contribution in [0.2, 0.25) is 10.0 Å². The number of halogens is 2. The number of carbonyl (C=O) groups is 2. The summed E-state index contributed by atoms with van der Waals surface area (Å²) in [5.41, 5.74) is 1.10. The number of aromatic amines is 1. The van der Waals surface area contributed by atoms with Gasteiger partial charge < -0.3 is 10.1 Å². The van der Waals surface area contributed by atoms with Gasteiger partial charge in [-0.2, -0.15) is 0 Å². The van der Waals surface area contributed by atoms with Crippen LogP contribution in [-0.4, -0.2) is 27.1 Å². The Morgan fingerprint density at radius 2 is 1.55 bits per heavy atom. The molecule has 9 heteroatoms. The van der Waals surface area contributed by atoms with Crippen LogP contribution in [0.4, 0.5) is 0 Å². The molecule has 0 saturated heterocycles. The number of carboxylic acid groups (broad SMARTS) is 1. The Hall–Kier alpha value is -2.06. The molecular formula is C20H13Cl2NO4S2. The standard InChI is InChI=1S/C20H13Cl2NO4S2/c21-11-5-1-9(2-6-11)13-14(15(24)10-3-7-12(22)8-4-10)17(19(25)26)28-18-16(13)29-20(27)23-18/h1-8,13-14,17H,(H,23,27)(H,25,26)/t13-,14-,17+/m0/s1. The highest BCUT2D eigenvalue weighted by molar-refractivity contribution is 8.00. The van der Waals surface area contributed by atoms with E-state index in [1.165, 1.54) is 0 Å². The van der Waals surface area contributed by atoms with Crippen molar-refractivity contribution in [3.63, 3.8) is 0 Å². The lowest BCUT2D eigenvalue weighted by Crippen LogP contribution is -2.39. The van der Waals surface area contributed by atoms with Crippen molar-refractivity contribution in [2.24, 2.45) is 5.92 Å². The molecule has 148 valence electrons. The van der Waals surface area contributed by atoms with Crippen molar-refractivity contribution in [3.05, 3.63) is 84.2 Å². The van der Waals surface area contributed by atoms with Gasteiger partial charge in [0.15, 0.2) is 5.78 Å². The first-order chi connectivity index (χ1) is 13.8. The Morgan fingerprint density at radius 3 is 2.14 bits per heavy atom. The molecule has 0 bridgehead atoms. The Labute approximate surface area is 183 Å². The molecule has 0 unspecified atom stereocenters. The van der Waals surface area contributed by atoms with Crippen LogP contribution in [-0.2, 0) is 4.79 Å². The molecule has 0 radical (unpaired) electrons. The highest BCUT2D eigenvalue weighted by atomic mass is 35.5. The summed E-state index contributed by atoms with van der Waals surface area (Å²) in [6.07, 6.45) is 0. The lowest BCUT2D eigenvalue weighted by Gasteiger charge is -2.34. The van der Waals surface area contributed by atoms with Gasteiger partial charge in [-0.25, -0.2) is 0 Å². The Bertz CT molecular complexity index is 1140. The number of Topliss-reactive ketones (excluding diaryl/α,β-unsaturated/α-hetero) is 1. The predicted molar refractivity (Wildman–Crippen MR) is 115 cm³/mol. The summed E-state index contributed by atoms with van der Waals surface area (Å²) in [5, 5.41) is 10.3. The van der Waals surface area contributed by atoms with E-state index in [4.69, 9.17) is 23.2 Å². The minimum atomic E-state index is -1.11. The third-order valence-electron chi connectivity index (χ3n) is 4.76. The van der Waals surface area contributed by atoms with Crippen LogP contribution in [0, 0.1) is 5.92 Å². The van der Waals surface area contributed by atoms with Crippen LogP contribution in [0.15, 0.2) is 58.4 Å². The number of nitrogens with one attached hydrogen (secondary N) is 1. The van der Waals surface area contributed by atoms with Crippen molar-refractivity contribution < 1.29 is 14.7 Å². The minimum absolute atomic E-state index is 0.287. The summed E-state index contributed by atoms with van der Waals surface area (Å²) in [6.45, 7) is 0. The molecule has 1 aliphatic heterocycles. The molecule has 3 atom stereocenters. The molecule has 2 heterocycles. The number of carbonyl (C=O) groups excluding carboxylic acids is 1. The molecule has 0 spiro atoms. The van der Waals surface area contributed by atoms with Crippen LogP contribution in [0.1, 0.15) is 26.7 Å². The van der Waals surface area contributed by atoms with Gasteiger partial charge in [0.2, 0.25) is 0 Å². The van der Waals surface area contributed by atoms with Gasteiger partial charge in [-0.05, 0) is 42.0 Å². The van der Waals surface area contributed by atoms with Crippen LogP contribution < -0.4 is 4.87 Å². The second-order valence-electron chi connectivity index (χ2n) is 6.51. The first-order valence-electron chi connectivity index (χ1n) is 8.53. The number of ketones is 1. The number of thioether (sulfide) groups is 1. The van der Waals surface area contributed by atoms with Crippen molar-refractivity contribution >= 4 is 58.1 Å². The molecule has 1 aromatic heterocycles. The third-order valence-corrected chi connectivity index (χ3v) is 7.66. The molecule has 2 N–H and O–H groups in total. The number of benzene rings is 2. The zero-order valence-electron chi connectivity index (χ0n) is 14.6. The normalized spacial score (nSPS) is 20.8. The molecule has 0 fully saturated rings. The maximum absolute atomic E-state index is 13.5. The van der Waals surface area contributed by atoms with E-state index >= 15 is 0 Å². The van der Waals surface area contributed by atoms with Gasteiger partial charge in [-0.1, -0.05) is 58.4 Å². The summed E-state index contributed by atoms with van der Waals surface area (Å²) < 4.78 is 0. The lowest BCUT2D eigenvalue weighted by atomic mass is 9.78. The summed E-state index contributed by atoms with van der Waals surface area (Å²) in [4.78, 5) is 40.7. The smallest absolute Gasteiger partial charge is 0.317 e. The third kappa shape index (κ3) is 3.88. The van der Waals surface area contributed by atoms with E-state index in [9.17, 15) is 19.5 Å². The largest absolute Gasteiger partial charge is 0.480 e. The molecule has 4 rings (SSSR count). The number of hydrogen-bond donors (Lipinski definition) is 2. The fraction of sp³-hybridized carbons (Fsp3) is 0.150. The summed E-state index contributed by atoms with van der Waals surface area (Å²) in [5.74, 6) is -2.91. The van der Waals surface area contributed by atoms with Gasteiger partial charge in [0.1, 0.15) is 5.25 Å². The molecular weight excluding hydrogens is 453 g/mol. The van der Waals surface area contributed by atoms with E-state index in [1.54, 1.807) is 48.5 Å². The fourth-order valence-electron chi connectivity index (χ4n) is 3.48. The number of aromatic nitrogens is 1. The maximum atomic E-state index is 13.5. The highest BCUT2D eigenvalue weighted by Crippen LogP contribution is 2.50. The van der Waals surface area contributed by atoms with Crippen molar-refractivity contribution in [1.82, 2.24) is 4.98 Å². The second-order valence-corrected chi connectivity index (χ2v) is 9.55. The highest BCUT2D eigenvalue weighted by Gasteiger charge is 2.47. The van der Waals surface area contributed by atoms with Crippen LogP contribution in [0.3, 0.4) is 0 Å². The molecule has 29 heavy (non-hydrogen) atoms. The van der Waals surface area contributed by atoms with Crippen molar-refractivity contribution in [2.75, 3.05) is 0 Å². The number of fused-ring (bicyclic) bond motifs is 1. The fourth-order valence-corrected chi connectivity index (χ4v) is 6.15. The average Bonchev–Trinajstić information content (AvgIpc) is 3.07. The number of carboxylic acids is 1. The number of H-pyrrole nitrogens is 1. The monoisotopic (exact) mass is 465 g/mol. The van der Waals surface area contributed by atoms with E-state index in [2.05, 4.69) is 4.98 Å². The van der Waals surface area contributed by atoms with Crippen LogP contribution in [0.5, 0.6) is 0 Å². The SMILES string of the molecule is O=C(c1ccc(Cl)cc1)[C@@H]1[C@H](c2ccc(Cl)cc2)c2sc(=O)[nH]c2S[C@H]1C(=O)O. The van der Waals surface area contributed by atoms with Crippen molar-refractivity contribution in [3.8, 4) is 0 Å². The molecule has 1 aliphatic rings. The molecule has 0 saturated carbocycles. The van der Waals surface area contributed by atoms with Gasteiger partial charge in [-0.15, -0.1) is 0 Å². The van der Waals surface area contributed by atoms with Crippen molar-refractivity contribution in [1.29, 1.82) is 0 Å². The quantitative estimate of drug-likeness (QED) is 0.533. The van der Waals surface area contributed by atoms with Crippen LogP contribution in [0.25, 0.3) is 0 Å². The minimum Gasteiger partial charge on any atom is -0.480 e. The zero-order chi connectivity index (χ0) is 20.7. The molecule has 0 aliphatic carbocycles. The summed E-state index contributed by atoms with van der Waals surface area (Å²) >= 11 is 13.9. The lowest BCUT2D eigenvalue weighted by molar-refractivity contribution is -0.137. The first kappa shape index (κ1) is 20.2. The number of thiazole rings is 1. The number of rotatable bonds is 4. The average molecular weight is 466 g/mol. The Morgan fingerprint density at radius 1 is 0.966 bits per heavy atom. The van der Waals surface area contributed by atoms with Crippen molar-refractivity contribution in [2.45, 2.75) is 16.2 Å². The molecule has 0 amide bonds. The zero-order valence-corrected chi connectivity index (χ0v) is 17.7. The Kier molecular flexibility index (Phi) is 5.57. The maximum Gasteiger partial charge on any atom is 0.317 e. The second kappa shape index (κ2) is 7.99. The molecule has 5 nitrogen and oxygen atoms in total. The van der Waals surface area contributed by atoms with E-state index in [1.807, 2.05) is 0 Å². The van der Waals surface area contributed by atoms with Gasteiger partial charge in [0, 0.05) is 26.4 Å². The predicted octanol–water partition coefficient (Wildman–Crippen LogP) is 4.93. The first-order valence-corrected chi connectivity index (χ1v) is 11.0. The van der Waals surface area contributed by atoms with Crippen LogP contribution >= 0.6 is 46.3 Å². The molecule has 3 aromatic rings. The van der Waals surface area contributed by atoms with Gasteiger partial charge >= 0.3 is 10.8 Å². The number of hydrogen-bond acceptors (Lipinski definition) is 5. The molecule has 2 aromatic carbocycles. The van der Waals surface area contributed by atoms with E-state index in [0.717, 1.165) is 28.7 Å². The summed E-state index contributed by atoms with van der Waals surface area (Å²) in [7, 11) is 0. The van der Waals surface area contributed by atoms with Gasteiger partial charge in [0.05, 0.1) is 10.9 Å². The van der Waals surface area contributed by atoms with Gasteiger partial charge in [0.25, 0.3) is 0 Å².